The molecule has 0 aromatic heterocycles. The van der Waals surface area contributed by atoms with E-state index in [1.807, 2.05) is 12.1 Å². The highest BCUT2D eigenvalue weighted by molar-refractivity contribution is 6.30. The number of benzene rings is 1. The van der Waals surface area contributed by atoms with E-state index < -0.39 is 0 Å². The van der Waals surface area contributed by atoms with Crippen molar-refractivity contribution in [2.45, 2.75) is 52.7 Å². The van der Waals surface area contributed by atoms with Crippen molar-refractivity contribution in [3.63, 3.8) is 0 Å². The first-order chi connectivity index (χ1) is 9.32. The van der Waals surface area contributed by atoms with Gasteiger partial charge in [-0.15, -0.1) is 0 Å². The van der Waals surface area contributed by atoms with Crippen LogP contribution in [-0.4, -0.2) is 30.6 Å². The zero-order valence-corrected chi connectivity index (χ0v) is 14.4. The van der Waals surface area contributed by atoms with Crippen LogP contribution in [0.25, 0.3) is 0 Å². The molecule has 0 bridgehead atoms. The molecule has 0 fully saturated rings. The van der Waals surface area contributed by atoms with E-state index in [0.29, 0.717) is 24.0 Å². The Morgan fingerprint density at radius 3 is 2.35 bits per heavy atom. The lowest BCUT2D eigenvalue weighted by molar-refractivity contribution is 0.149. The van der Waals surface area contributed by atoms with Crippen molar-refractivity contribution < 1.29 is 0 Å². The fraction of sp³-hybridized carbons (Fsp3) is 0.647. The van der Waals surface area contributed by atoms with Crippen molar-refractivity contribution in [2.24, 2.45) is 5.92 Å². The van der Waals surface area contributed by atoms with Gasteiger partial charge in [0, 0.05) is 23.1 Å². The Morgan fingerprint density at radius 2 is 1.80 bits per heavy atom. The van der Waals surface area contributed by atoms with Gasteiger partial charge < -0.3 is 5.32 Å². The largest absolute Gasteiger partial charge is 0.314 e. The number of hydrogen-bond donors (Lipinski definition) is 1. The second-order valence-corrected chi connectivity index (χ2v) is 6.61. The fourth-order valence-electron chi connectivity index (χ4n) is 2.35. The molecule has 1 aromatic carbocycles. The minimum Gasteiger partial charge on any atom is -0.314 e. The summed E-state index contributed by atoms with van der Waals surface area (Å²) in [6, 6.07) is 9.58. The Hall–Kier alpha value is -0.570. The molecule has 1 rings (SSSR count). The molecule has 0 aliphatic carbocycles. The number of nitrogens with one attached hydrogen (secondary N) is 1. The second-order valence-electron chi connectivity index (χ2n) is 6.18. The summed E-state index contributed by atoms with van der Waals surface area (Å²) in [6.07, 6.45) is 0. The molecule has 0 spiro atoms. The van der Waals surface area contributed by atoms with Crippen molar-refractivity contribution >= 4 is 11.6 Å². The molecule has 1 N–H and O–H groups in total. The lowest BCUT2D eigenvalue weighted by atomic mass is 9.98. The number of hydrogen-bond acceptors (Lipinski definition) is 2. The molecule has 3 unspecified atom stereocenters. The van der Waals surface area contributed by atoms with Crippen LogP contribution in [0.5, 0.6) is 0 Å². The Morgan fingerprint density at radius 1 is 1.15 bits per heavy atom. The quantitative estimate of drug-likeness (QED) is 0.804. The standard InChI is InChI=1S/C17H29ClN2/c1-12(2)19-11-13(3)14(4)20(6)15(5)16-8-7-9-17(18)10-16/h7-10,12-15,19H,11H2,1-6H3. The molecule has 114 valence electrons. The van der Waals surface area contributed by atoms with E-state index in [1.165, 1.54) is 5.56 Å². The van der Waals surface area contributed by atoms with Crippen LogP contribution in [0.4, 0.5) is 0 Å². The fourth-order valence-corrected chi connectivity index (χ4v) is 2.55. The first-order valence-corrected chi connectivity index (χ1v) is 7.91. The normalized spacial score (nSPS) is 16.4. The molecular weight excluding hydrogens is 268 g/mol. The first kappa shape index (κ1) is 17.5. The van der Waals surface area contributed by atoms with Gasteiger partial charge >= 0.3 is 0 Å². The van der Waals surface area contributed by atoms with Crippen molar-refractivity contribution in [3.8, 4) is 0 Å². The van der Waals surface area contributed by atoms with Crippen LogP contribution in [0.15, 0.2) is 24.3 Å². The minimum absolute atomic E-state index is 0.366. The van der Waals surface area contributed by atoms with Gasteiger partial charge in [0.2, 0.25) is 0 Å². The van der Waals surface area contributed by atoms with Gasteiger partial charge in [-0.3, -0.25) is 4.90 Å². The van der Waals surface area contributed by atoms with Crippen molar-refractivity contribution in [1.82, 2.24) is 10.2 Å². The highest BCUT2D eigenvalue weighted by atomic mass is 35.5. The van der Waals surface area contributed by atoms with Gasteiger partial charge in [0.1, 0.15) is 0 Å². The van der Waals surface area contributed by atoms with E-state index >= 15 is 0 Å². The van der Waals surface area contributed by atoms with Gasteiger partial charge in [-0.05, 0) is 51.1 Å². The van der Waals surface area contributed by atoms with Crippen LogP contribution in [-0.2, 0) is 0 Å². The van der Waals surface area contributed by atoms with Gasteiger partial charge in [0.15, 0.2) is 0 Å². The number of rotatable bonds is 7. The first-order valence-electron chi connectivity index (χ1n) is 7.53. The van der Waals surface area contributed by atoms with Crippen LogP contribution in [0.2, 0.25) is 5.02 Å². The molecule has 3 atom stereocenters. The van der Waals surface area contributed by atoms with E-state index in [4.69, 9.17) is 11.6 Å². The summed E-state index contributed by atoms with van der Waals surface area (Å²) < 4.78 is 0. The maximum Gasteiger partial charge on any atom is 0.0409 e. The zero-order valence-electron chi connectivity index (χ0n) is 13.7. The topological polar surface area (TPSA) is 15.3 Å². The second kappa shape index (κ2) is 8.02. The molecule has 0 saturated heterocycles. The van der Waals surface area contributed by atoms with E-state index in [-0.39, 0.29) is 0 Å². The Kier molecular flexibility index (Phi) is 7.01. The molecule has 0 saturated carbocycles. The summed E-state index contributed by atoms with van der Waals surface area (Å²) in [5.74, 6) is 0.601. The van der Waals surface area contributed by atoms with Gasteiger partial charge in [-0.25, -0.2) is 0 Å². The molecule has 0 aliphatic heterocycles. The monoisotopic (exact) mass is 296 g/mol. The summed E-state index contributed by atoms with van der Waals surface area (Å²) in [4.78, 5) is 2.43. The average Bonchev–Trinajstić information content (AvgIpc) is 2.42. The summed E-state index contributed by atoms with van der Waals surface area (Å²) >= 11 is 6.09. The van der Waals surface area contributed by atoms with E-state index in [9.17, 15) is 0 Å². The van der Waals surface area contributed by atoms with Gasteiger partial charge in [0.05, 0.1) is 0 Å². The predicted octanol–water partition coefficient (Wildman–Crippen LogP) is 4.36. The molecule has 0 heterocycles. The smallest absolute Gasteiger partial charge is 0.0409 e. The Bertz CT molecular complexity index is 406. The third-order valence-corrected chi connectivity index (χ3v) is 4.49. The minimum atomic E-state index is 0.366. The van der Waals surface area contributed by atoms with Gasteiger partial charge in [-0.2, -0.15) is 0 Å². The lowest BCUT2D eigenvalue weighted by Crippen LogP contribution is -2.41. The summed E-state index contributed by atoms with van der Waals surface area (Å²) in [7, 11) is 2.20. The third-order valence-electron chi connectivity index (χ3n) is 4.26. The Balaban J connectivity index is 2.65. The molecule has 0 radical (unpaired) electrons. The molecule has 1 aromatic rings. The lowest BCUT2D eigenvalue weighted by Gasteiger charge is -2.35. The zero-order chi connectivity index (χ0) is 15.3. The average molecular weight is 297 g/mol. The van der Waals surface area contributed by atoms with E-state index in [1.54, 1.807) is 0 Å². The predicted molar refractivity (Wildman–Crippen MR) is 89.4 cm³/mol. The summed E-state index contributed by atoms with van der Waals surface area (Å²) in [5, 5.41) is 4.33. The summed E-state index contributed by atoms with van der Waals surface area (Å²) in [6.45, 7) is 12.3. The maximum atomic E-state index is 6.09. The SMILES string of the molecule is CC(C)NCC(C)C(C)N(C)C(C)c1cccc(Cl)c1. The van der Waals surface area contributed by atoms with Crippen LogP contribution < -0.4 is 5.32 Å². The number of halogens is 1. The van der Waals surface area contributed by atoms with Crippen LogP contribution >= 0.6 is 11.6 Å². The maximum absolute atomic E-state index is 6.09. The van der Waals surface area contributed by atoms with Gasteiger partial charge in [0.25, 0.3) is 0 Å². The third kappa shape index (κ3) is 5.08. The van der Waals surface area contributed by atoms with Crippen LogP contribution in [0.3, 0.4) is 0 Å². The molecule has 0 aliphatic rings. The highest BCUT2D eigenvalue weighted by Crippen LogP contribution is 2.25. The molecule has 0 amide bonds. The van der Waals surface area contributed by atoms with Crippen molar-refractivity contribution in [1.29, 1.82) is 0 Å². The Labute approximate surface area is 129 Å². The highest BCUT2D eigenvalue weighted by Gasteiger charge is 2.22. The molecular formula is C17H29ClN2. The molecule has 3 heteroatoms. The molecule has 2 nitrogen and oxygen atoms in total. The number of nitrogens with zero attached hydrogens (tertiary/aromatic N) is 1. The molecule has 20 heavy (non-hydrogen) atoms. The van der Waals surface area contributed by atoms with Crippen molar-refractivity contribution in [3.05, 3.63) is 34.9 Å². The van der Waals surface area contributed by atoms with Crippen molar-refractivity contribution in [2.75, 3.05) is 13.6 Å². The van der Waals surface area contributed by atoms with Crippen LogP contribution in [0, 0.1) is 5.92 Å². The van der Waals surface area contributed by atoms with E-state index in [0.717, 1.165) is 11.6 Å². The summed E-state index contributed by atoms with van der Waals surface area (Å²) in [5.41, 5.74) is 1.27. The van der Waals surface area contributed by atoms with Crippen LogP contribution in [0.1, 0.15) is 46.2 Å². The van der Waals surface area contributed by atoms with Gasteiger partial charge in [-0.1, -0.05) is 44.5 Å². The van der Waals surface area contributed by atoms with E-state index in [2.05, 4.69) is 64.0 Å².